The summed E-state index contributed by atoms with van der Waals surface area (Å²) in [6, 6.07) is 3.66. The molecule has 1 aromatic rings. The summed E-state index contributed by atoms with van der Waals surface area (Å²) in [5.41, 5.74) is 3.15. The molecule has 1 aromatic carbocycles. The normalized spacial score (nSPS) is 21.5. The van der Waals surface area contributed by atoms with Gasteiger partial charge in [0, 0.05) is 6.54 Å². The zero-order valence-electron chi connectivity index (χ0n) is 8.73. The van der Waals surface area contributed by atoms with Gasteiger partial charge in [0.1, 0.15) is 5.82 Å². The van der Waals surface area contributed by atoms with E-state index in [2.05, 4.69) is 12.2 Å². The van der Waals surface area contributed by atoms with Crippen LogP contribution in [0.3, 0.4) is 0 Å². The van der Waals surface area contributed by atoms with Gasteiger partial charge < -0.3 is 5.32 Å². The molecule has 0 bridgehead atoms. The van der Waals surface area contributed by atoms with Crippen molar-refractivity contribution in [3.8, 4) is 0 Å². The number of benzene rings is 1. The van der Waals surface area contributed by atoms with Crippen LogP contribution >= 0.6 is 0 Å². The highest BCUT2D eigenvalue weighted by Gasteiger charge is 2.19. The number of aryl methyl sites for hydroxylation is 2. The third kappa shape index (κ3) is 1.67. The summed E-state index contributed by atoms with van der Waals surface area (Å²) in [7, 11) is 0. The van der Waals surface area contributed by atoms with Gasteiger partial charge in [-0.3, -0.25) is 0 Å². The van der Waals surface area contributed by atoms with Crippen molar-refractivity contribution in [1.29, 1.82) is 0 Å². The van der Waals surface area contributed by atoms with Gasteiger partial charge in [-0.25, -0.2) is 4.39 Å². The van der Waals surface area contributed by atoms with Gasteiger partial charge in [0.15, 0.2) is 0 Å². The molecule has 0 aliphatic carbocycles. The second-order valence-corrected chi connectivity index (χ2v) is 4.15. The van der Waals surface area contributed by atoms with Gasteiger partial charge in [0.25, 0.3) is 0 Å². The lowest BCUT2D eigenvalue weighted by atomic mass is 9.93. The van der Waals surface area contributed by atoms with Gasteiger partial charge in [-0.05, 0) is 55.5 Å². The fraction of sp³-hybridized carbons (Fsp3) is 0.500. The highest BCUT2D eigenvalue weighted by molar-refractivity contribution is 5.34. The molecule has 1 fully saturated rings. The van der Waals surface area contributed by atoms with E-state index < -0.39 is 0 Å². The Balaban J connectivity index is 2.37. The van der Waals surface area contributed by atoms with E-state index in [0.29, 0.717) is 5.92 Å². The maximum absolute atomic E-state index is 13.4. The van der Waals surface area contributed by atoms with Crippen LogP contribution < -0.4 is 5.32 Å². The summed E-state index contributed by atoms with van der Waals surface area (Å²) in [6.45, 7) is 5.93. The molecule has 1 unspecified atom stereocenters. The second kappa shape index (κ2) is 3.70. The Morgan fingerprint density at radius 3 is 2.71 bits per heavy atom. The van der Waals surface area contributed by atoms with Crippen molar-refractivity contribution in [2.45, 2.75) is 26.2 Å². The molecule has 2 rings (SSSR count). The van der Waals surface area contributed by atoms with Gasteiger partial charge >= 0.3 is 0 Å². The Hall–Kier alpha value is -0.890. The van der Waals surface area contributed by atoms with Crippen LogP contribution in [0.15, 0.2) is 12.1 Å². The van der Waals surface area contributed by atoms with E-state index in [1.54, 1.807) is 6.07 Å². The van der Waals surface area contributed by atoms with Crippen LogP contribution in [0.4, 0.5) is 4.39 Å². The molecule has 2 heteroatoms. The average Bonchev–Trinajstić information content (AvgIpc) is 2.64. The van der Waals surface area contributed by atoms with Crippen molar-refractivity contribution in [2.75, 3.05) is 13.1 Å². The molecule has 14 heavy (non-hydrogen) atoms. The summed E-state index contributed by atoms with van der Waals surface area (Å²) in [5.74, 6) is 0.433. The van der Waals surface area contributed by atoms with Gasteiger partial charge in [-0.15, -0.1) is 0 Å². The van der Waals surface area contributed by atoms with E-state index in [9.17, 15) is 4.39 Å². The van der Waals surface area contributed by atoms with E-state index in [1.165, 1.54) is 11.1 Å². The lowest BCUT2D eigenvalue weighted by molar-refractivity contribution is 0.610. The fourth-order valence-corrected chi connectivity index (χ4v) is 2.20. The van der Waals surface area contributed by atoms with Crippen molar-refractivity contribution in [3.05, 3.63) is 34.6 Å². The molecule has 1 N–H and O–H groups in total. The van der Waals surface area contributed by atoms with Crippen LogP contribution in [0.25, 0.3) is 0 Å². The third-order valence-corrected chi connectivity index (χ3v) is 3.05. The molecule has 1 atom stereocenters. The number of hydrogen-bond acceptors (Lipinski definition) is 1. The zero-order chi connectivity index (χ0) is 10.1. The van der Waals surface area contributed by atoms with Crippen LogP contribution in [0.1, 0.15) is 29.0 Å². The Kier molecular flexibility index (Phi) is 2.55. The first kappa shape index (κ1) is 9.66. The molecule has 1 aliphatic rings. The van der Waals surface area contributed by atoms with Crippen LogP contribution in [-0.4, -0.2) is 13.1 Å². The van der Waals surface area contributed by atoms with Gasteiger partial charge in [0.2, 0.25) is 0 Å². The van der Waals surface area contributed by atoms with Crippen molar-refractivity contribution in [1.82, 2.24) is 5.32 Å². The van der Waals surface area contributed by atoms with Gasteiger partial charge in [0.05, 0.1) is 0 Å². The summed E-state index contributed by atoms with van der Waals surface area (Å²) < 4.78 is 13.4. The molecule has 1 nitrogen and oxygen atoms in total. The summed E-state index contributed by atoms with van der Waals surface area (Å²) in [4.78, 5) is 0. The number of rotatable bonds is 1. The monoisotopic (exact) mass is 193 g/mol. The topological polar surface area (TPSA) is 12.0 Å². The lowest BCUT2D eigenvalue weighted by Crippen LogP contribution is -2.09. The zero-order valence-corrected chi connectivity index (χ0v) is 8.73. The molecule has 1 heterocycles. The summed E-state index contributed by atoms with van der Waals surface area (Å²) in [5, 5.41) is 3.31. The highest BCUT2D eigenvalue weighted by atomic mass is 19.1. The van der Waals surface area contributed by atoms with Crippen molar-refractivity contribution < 1.29 is 4.39 Å². The maximum Gasteiger partial charge on any atom is 0.126 e. The first-order valence-corrected chi connectivity index (χ1v) is 5.16. The molecule has 0 aromatic heterocycles. The quantitative estimate of drug-likeness (QED) is 0.722. The molecule has 1 saturated heterocycles. The van der Waals surface area contributed by atoms with E-state index in [0.717, 1.165) is 25.1 Å². The van der Waals surface area contributed by atoms with Crippen LogP contribution in [0.2, 0.25) is 0 Å². The van der Waals surface area contributed by atoms with E-state index in [1.807, 2.05) is 13.0 Å². The Morgan fingerprint density at radius 1 is 1.29 bits per heavy atom. The average molecular weight is 193 g/mol. The Bertz CT molecular complexity index is 340. The summed E-state index contributed by atoms with van der Waals surface area (Å²) >= 11 is 0. The van der Waals surface area contributed by atoms with E-state index >= 15 is 0 Å². The Morgan fingerprint density at radius 2 is 2.07 bits per heavy atom. The van der Waals surface area contributed by atoms with Gasteiger partial charge in [-0.2, -0.15) is 0 Å². The predicted octanol–water partition coefficient (Wildman–Crippen LogP) is 2.52. The molecule has 76 valence electrons. The molecule has 0 spiro atoms. The first-order chi connectivity index (χ1) is 6.68. The predicted molar refractivity (Wildman–Crippen MR) is 56.1 cm³/mol. The molecular formula is C12H16FN. The minimum absolute atomic E-state index is 0.0718. The molecule has 0 saturated carbocycles. The number of halogens is 1. The Labute approximate surface area is 84.3 Å². The van der Waals surface area contributed by atoms with Crippen molar-refractivity contribution in [3.63, 3.8) is 0 Å². The smallest absolute Gasteiger partial charge is 0.126 e. The second-order valence-electron chi connectivity index (χ2n) is 4.15. The van der Waals surface area contributed by atoms with E-state index in [4.69, 9.17) is 0 Å². The standard InChI is InChI=1S/C12H16FN/c1-8-5-9(2)12(13)6-11(8)10-3-4-14-7-10/h5-6,10,14H,3-4,7H2,1-2H3. The maximum atomic E-state index is 13.4. The SMILES string of the molecule is Cc1cc(C)c(C2CCNC2)cc1F. The fourth-order valence-electron chi connectivity index (χ4n) is 2.20. The van der Waals surface area contributed by atoms with E-state index in [-0.39, 0.29) is 5.82 Å². The molecule has 0 amide bonds. The van der Waals surface area contributed by atoms with Gasteiger partial charge in [-0.1, -0.05) is 6.07 Å². The first-order valence-electron chi connectivity index (χ1n) is 5.16. The van der Waals surface area contributed by atoms with Crippen molar-refractivity contribution >= 4 is 0 Å². The molecule has 0 radical (unpaired) electrons. The minimum Gasteiger partial charge on any atom is -0.316 e. The number of nitrogens with one attached hydrogen (secondary N) is 1. The largest absolute Gasteiger partial charge is 0.316 e. The molecular weight excluding hydrogens is 177 g/mol. The summed E-state index contributed by atoms with van der Waals surface area (Å²) in [6.07, 6.45) is 1.13. The lowest BCUT2D eigenvalue weighted by Gasteiger charge is -2.13. The van der Waals surface area contributed by atoms with Crippen LogP contribution in [0.5, 0.6) is 0 Å². The van der Waals surface area contributed by atoms with Crippen LogP contribution in [0, 0.1) is 19.7 Å². The highest BCUT2D eigenvalue weighted by Crippen LogP contribution is 2.27. The molecule has 1 aliphatic heterocycles. The minimum atomic E-state index is -0.0718. The van der Waals surface area contributed by atoms with Crippen LogP contribution in [-0.2, 0) is 0 Å². The van der Waals surface area contributed by atoms with Crippen molar-refractivity contribution in [2.24, 2.45) is 0 Å². The third-order valence-electron chi connectivity index (χ3n) is 3.05. The number of hydrogen-bond donors (Lipinski definition) is 1.